The molecule has 0 aliphatic heterocycles. The van der Waals surface area contributed by atoms with Gasteiger partial charge in [0.15, 0.2) is 0 Å². The Balaban J connectivity index is 2.23. The maximum atomic E-state index is 11.9. The normalized spacial score (nSPS) is 14.1. The molecule has 1 heterocycles. The SMILES string of the molecule is CC(NCCCC(F)(F)F)c1cnn(C)c1. The van der Waals surface area contributed by atoms with Crippen LogP contribution in [0.4, 0.5) is 13.2 Å². The van der Waals surface area contributed by atoms with Crippen molar-refractivity contribution in [1.82, 2.24) is 15.1 Å². The van der Waals surface area contributed by atoms with E-state index >= 15 is 0 Å². The molecule has 1 rings (SSSR count). The molecule has 1 atom stereocenters. The van der Waals surface area contributed by atoms with Crippen molar-refractivity contribution in [3.63, 3.8) is 0 Å². The summed E-state index contributed by atoms with van der Waals surface area (Å²) in [4.78, 5) is 0. The summed E-state index contributed by atoms with van der Waals surface area (Å²) in [6, 6.07) is 0.0296. The van der Waals surface area contributed by atoms with E-state index in [1.165, 1.54) is 0 Å². The van der Waals surface area contributed by atoms with Crippen molar-refractivity contribution in [1.29, 1.82) is 0 Å². The van der Waals surface area contributed by atoms with Gasteiger partial charge in [0.05, 0.1) is 6.20 Å². The van der Waals surface area contributed by atoms with E-state index in [1.54, 1.807) is 17.9 Å². The van der Waals surface area contributed by atoms with Crippen molar-refractivity contribution in [2.75, 3.05) is 6.54 Å². The van der Waals surface area contributed by atoms with Crippen LogP contribution in [-0.4, -0.2) is 22.5 Å². The highest BCUT2D eigenvalue weighted by molar-refractivity contribution is 5.08. The highest BCUT2D eigenvalue weighted by Crippen LogP contribution is 2.21. The number of hydrogen-bond donors (Lipinski definition) is 1. The fourth-order valence-electron chi connectivity index (χ4n) is 1.39. The van der Waals surface area contributed by atoms with Crippen LogP contribution in [0.1, 0.15) is 31.4 Å². The quantitative estimate of drug-likeness (QED) is 0.794. The molecule has 1 aromatic rings. The van der Waals surface area contributed by atoms with Crippen LogP contribution in [0.15, 0.2) is 12.4 Å². The van der Waals surface area contributed by atoms with Gasteiger partial charge in [-0.2, -0.15) is 18.3 Å². The van der Waals surface area contributed by atoms with Crippen molar-refractivity contribution < 1.29 is 13.2 Å². The van der Waals surface area contributed by atoms with Crippen molar-refractivity contribution in [3.05, 3.63) is 18.0 Å². The fraction of sp³-hybridized carbons (Fsp3) is 0.700. The zero-order chi connectivity index (χ0) is 12.2. The third-order valence-electron chi connectivity index (χ3n) is 2.31. The van der Waals surface area contributed by atoms with E-state index in [0.29, 0.717) is 6.54 Å². The van der Waals surface area contributed by atoms with Crippen LogP contribution in [0.5, 0.6) is 0 Å². The summed E-state index contributed by atoms with van der Waals surface area (Å²) in [7, 11) is 1.81. The van der Waals surface area contributed by atoms with Crippen molar-refractivity contribution in [3.8, 4) is 0 Å². The van der Waals surface area contributed by atoms with Gasteiger partial charge < -0.3 is 5.32 Å². The number of nitrogens with one attached hydrogen (secondary N) is 1. The van der Waals surface area contributed by atoms with E-state index < -0.39 is 12.6 Å². The topological polar surface area (TPSA) is 29.9 Å². The molecule has 0 aromatic carbocycles. The number of nitrogens with zero attached hydrogens (tertiary/aromatic N) is 2. The Morgan fingerprint density at radius 3 is 2.69 bits per heavy atom. The summed E-state index contributed by atoms with van der Waals surface area (Å²) < 4.78 is 37.3. The average Bonchev–Trinajstić information content (AvgIpc) is 2.57. The molecule has 0 aliphatic carbocycles. The van der Waals surface area contributed by atoms with Gasteiger partial charge in [-0.1, -0.05) is 0 Å². The molecule has 16 heavy (non-hydrogen) atoms. The molecule has 6 heteroatoms. The lowest BCUT2D eigenvalue weighted by Crippen LogP contribution is -2.21. The molecule has 3 nitrogen and oxygen atoms in total. The van der Waals surface area contributed by atoms with Gasteiger partial charge in [0, 0.05) is 31.3 Å². The first-order valence-corrected chi connectivity index (χ1v) is 5.17. The summed E-state index contributed by atoms with van der Waals surface area (Å²) in [5, 5.41) is 7.03. The lowest BCUT2D eigenvalue weighted by molar-refractivity contribution is -0.135. The molecule has 0 spiro atoms. The molecule has 1 N–H and O–H groups in total. The minimum atomic E-state index is -4.06. The maximum Gasteiger partial charge on any atom is 0.389 e. The van der Waals surface area contributed by atoms with Gasteiger partial charge in [0.2, 0.25) is 0 Å². The molecule has 0 bridgehead atoms. The van der Waals surface area contributed by atoms with E-state index in [2.05, 4.69) is 10.4 Å². The Bertz CT molecular complexity index is 319. The molecule has 0 saturated carbocycles. The Labute approximate surface area is 92.6 Å². The average molecular weight is 235 g/mol. The number of aromatic nitrogens is 2. The van der Waals surface area contributed by atoms with Crippen LogP contribution in [-0.2, 0) is 7.05 Å². The Kier molecular flexibility index (Phi) is 4.35. The minimum Gasteiger partial charge on any atom is -0.310 e. The van der Waals surface area contributed by atoms with Gasteiger partial charge in [-0.3, -0.25) is 4.68 Å². The predicted molar refractivity (Wildman–Crippen MR) is 54.9 cm³/mol. The maximum absolute atomic E-state index is 11.9. The van der Waals surface area contributed by atoms with Gasteiger partial charge in [0.1, 0.15) is 0 Å². The molecule has 0 radical (unpaired) electrons. The second-order valence-corrected chi connectivity index (χ2v) is 3.84. The Morgan fingerprint density at radius 2 is 2.19 bits per heavy atom. The fourth-order valence-corrected chi connectivity index (χ4v) is 1.39. The molecule has 0 fully saturated rings. The molecular weight excluding hydrogens is 219 g/mol. The second-order valence-electron chi connectivity index (χ2n) is 3.84. The van der Waals surface area contributed by atoms with E-state index in [1.807, 2.05) is 13.1 Å². The first-order chi connectivity index (χ1) is 7.38. The number of alkyl halides is 3. The summed E-state index contributed by atoms with van der Waals surface area (Å²) >= 11 is 0. The highest BCUT2D eigenvalue weighted by Gasteiger charge is 2.25. The zero-order valence-electron chi connectivity index (χ0n) is 9.38. The molecule has 1 aromatic heterocycles. The van der Waals surface area contributed by atoms with E-state index in [0.717, 1.165) is 5.56 Å². The van der Waals surface area contributed by atoms with Crippen molar-refractivity contribution in [2.24, 2.45) is 7.05 Å². The summed E-state index contributed by atoms with van der Waals surface area (Å²) in [6.45, 7) is 2.26. The molecular formula is C10H16F3N3. The third-order valence-corrected chi connectivity index (χ3v) is 2.31. The number of halogens is 3. The Morgan fingerprint density at radius 1 is 1.50 bits per heavy atom. The molecule has 1 unspecified atom stereocenters. The van der Waals surface area contributed by atoms with Gasteiger partial charge in [-0.25, -0.2) is 0 Å². The molecule has 0 aliphatic rings. The third kappa shape index (κ3) is 4.65. The second kappa shape index (κ2) is 5.34. The van der Waals surface area contributed by atoms with Crippen LogP contribution in [0.2, 0.25) is 0 Å². The molecule has 0 amide bonds. The lowest BCUT2D eigenvalue weighted by atomic mass is 10.2. The zero-order valence-corrected chi connectivity index (χ0v) is 9.38. The van der Waals surface area contributed by atoms with Crippen LogP contribution in [0.25, 0.3) is 0 Å². The number of aryl methyl sites for hydroxylation is 1. The monoisotopic (exact) mass is 235 g/mol. The number of rotatable bonds is 5. The van der Waals surface area contributed by atoms with Crippen LogP contribution >= 0.6 is 0 Å². The van der Waals surface area contributed by atoms with Gasteiger partial charge >= 0.3 is 6.18 Å². The van der Waals surface area contributed by atoms with Crippen LogP contribution in [0, 0.1) is 0 Å². The predicted octanol–water partition coefficient (Wildman–Crippen LogP) is 2.41. The largest absolute Gasteiger partial charge is 0.389 e. The van der Waals surface area contributed by atoms with E-state index in [4.69, 9.17) is 0 Å². The van der Waals surface area contributed by atoms with E-state index in [-0.39, 0.29) is 12.5 Å². The van der Waals surface area contributed by atoms with Gasteiger partial charge in [0.25, 0.3) is 0 Å². The molecule has 0 saturated heterocycles. The summed E-state index contributed by atoms with van der Waals surface area (Å²) in [6.07, 6.45) is -1.13. The van der Waals surface area contributed by atoms with Crippen molar-refractivity contribution in [2.45, 2.75) is 32.0 Å². The summed E-state index contributed by atoms with van der Waals surface area (Å²) in [5.74, 6) is 0. The van der Waals surface area contributed by atoms with Crippen LogP contribution in [0.3, 0.4) is 0 Å². The first-order valence-electron chi connectivity index (χ1n) is 5.17. The highest BCUT2D eigenvalue weighted by atomic mass is 19.4. The molecule has 92 valence electrons. The van der Waals surface area contributed by atoms with Crippen molar-refractivity contribution >= 4 is 0 Å². The number of hydrogen-bond acceptors (Lipinski definition) is 2. The van der Waals surface area contributed by atoms with Gasteiger partial charge in [-0.05, 0) is 19.9 Å². The van der Waals surface area contributed by atoms with Crippen LogP contribution < -0.4 is 5.32 Å². The van der Waals surface area contributed by atoms with E-state index in [9.17, 15) is 13.2 Å². The minimum absolute atomic E-state index is 0.0296. The smallest absolute Gasteiger partial charge is 0.310 e. The first kappa shape index (κ1) is 13.0. The standard InChI is InChI=1S/C10H16F3N3/c1-8(9-6-15-16(2)7-9)14-5-3-4-10(11,12)13/h6-8,14H,3-5H2,1-2H3. The summed E-state index contributed by atoms with van der Waals surface area (Å²) in [5.41, 5.74) is 0.981. The van der Waals surface area contributed by atoms with Gasteiger partial charge in [-0.15, -0.1) is 0 Å². The Hall–Kier alpha value is -1.04. The lowest BCUT2D eigenvalue weighted by Gasteiger charge is -2.12.